The van der Waals surface area contributed by atoms with Crippen molar-refractivity contribution in [1.29, 1.82) is 0 Å². The molecule has 2 nitrogen and oxygen atoms in total. The fourth-order valence-electron chi connectivity index (χ4n) is 1.57. The molecule has 2 heteroatoms. The molecule has 0 aliphatic rings. The largest absolute Gasteiger partial charge is 0.388 e. The van der Waals surface area contributed by atoms with Crippen LogP contribution in [0.15, 0.2) is 24.3 Å². The first kappa shape index (κ1) is 11.1. The minimum atomic E-state index is 1.15. The van der Waals surface area contributed by atoms with E-state index in [1.807, 2.05) is 7.05 Å². The summed E-state index contributed by atoms with van der Waals surface area (Å²) in [4.78, 5) is 2.22. The van der Waals surface area contributed by atoms with E-state index in [9.17, 15) is 0 Å². The van der Waals surface area contributed by atoms with Crippen LogP contribution in [-0.4, -0.2) is 32.6 Å². The number of nitrogens with zero attached hydrogens (tertiary/aromatic N) is 1. The lowest BCUT2D eigenvalue weighted by atomic mass is 10.1. The van der Waals surface area contributed by atoms with Crippen molar-refractivity contribution in [2.75, 3.05) is 33.0 Å². The maximum atomic E-state index is 3.22. The van der Waals surface area contributed by atoms with E-state index in [0.29, 0.717) is 0 Å². The van der Waals surface area contributed by atoms with Gasteiger partial charge >= 0.3 is 0 Å². The molecule has 0 spiro atoms. The van der Waals surface area contributed by atoms with Gasteiger partial charge in [-0.25, -0.2) is 0 Å². The molecule has 0 aromatic heterocycles. The Balaban J connectivity index is 2.49. The molecular formula is C12H20N2. The molecule has 0 aliphatic carbocycles. The Hall–Kier alpha value is -1.02. The Bertz CT molecular complexity index is 269. The number of aryl methyl sites for hydroxylation is 1. The van der Waals surface area contributed by atoms with Crippen LogP contribution in [0.1, 0.15) is 12.0 Å². The van der Waals surface area contributed by atoms with E-state index in [1.54, 1.807) is 0 Å². The van der Waals surface area contributed by atoms with Gasteiger partial charge in [0, 0.05) is 12.7 Å². The molecule has 0 amide bonds. The predicted molar refractivity (Wildman–Crippen MR) is 62.9 cm³/mol. The quantitative estimate of drug-likeness (QED) is 0.769. The second kappa shape index (κ2) is 5.66. The van der Waals surface area contributed by atoms with Crippen molar-refractivity contribution in [2.45, 2.75) is 12.8 Å². The van der Waals surface area contributed by atoms with E-state index < -0.39 is 0 Å². The maximum absolute atomic E-state index is 3.22. The third-order valence-electron chi connectivity index (χ3n) is 2.34. The highest BCUT2D eigenvalue weighted by Gasteiger charge is 1.99. The molecule has 0 unspecified atom stereocenters. The van der Waals surface area contributed by atoms with Crippen LogP contribution in [0.25, 0.3) is 0 Å². The van der Waals surface area contributed by atoms with Gasteiger partial charge in [0.1, 0.15) is 0 Å². The Morgan fingerprint density at radius 3 is 2.57 bits per heavy atom. The van der Waals surface area contributed by atoms with E-state index in [4.69, 9.17) is 0 Å². The summed E-state index contributed by atoms with van der Waals surface area (Å²) in [5.74, 6) is 0. The van der Waals surface area contributed by atoms with Crippen LogP contribution in [0.5, 0.6) is 0 Å². The standard InChI is InChI=1S/C12H20N2/c1-13-12-9-5-4-7-11(12)8-6-10-14(2)3/h4-5,7,9,13H,6,8,10H2,1-3H3. The van der Waals surface area contributed by atoms with E-state index in [0.717, 1.165) is 13.0 Å². The zero-order chi connectivity index (χ0) is 10.4. The monoisotopic (exact) mass is 192 g/mol. The highest BCUT2D eigenvalue weighted by molar-refractivity contribution is 5.50. The van der Waals surface area contributed by atoms with Gasteiger partial charge in [0.25, 0.3) is 0 Å². The molecule has 1 aromatic rings. The predicted octanol–water partition coefficient (Wildman–Crippen LogP) is 2.22. The van der Waals surface area contributed by atoms with Gasteiger partial charge in [-0.3, -0.25) is 0 Å². The number of anilines is 1. The molecule has 1 rings (SSSR count). The molecule has 1 aromatic carbocycles. The van der Waals surface area contributed by atoms with Crippen molar-refractivity contribution >= 4 is 5.69 Å². The fraction of sp³-hybridized carbons (Fsp3) is 0.500. The molecule has 0 saturated heterocycles. The first-order chi connectivity index (χ1) is 6.74. The van der Waals surface area contributed by atoms with Crippen LogP contribution < -0.4 is 5.32 Å². The van der Waals surface area contributed by atoms with Crippen LogP contribution in [0.4, 0.5) is 5.69 Å². The molecule has 0 saturated carbocycles. The van der Waals surface area contributed by atoms with Crippen molar-refractivity contribution in [1.82, 2.24) is 4.90 Å². The molecule has 0 bridgehead atoms. The van der Waals surface area contributed by atoms with Gasteiger partial charge in [0.2, 0.25) is 0 Å². The van der Waals surface area contributed by atoms with E-state index >= 15 is 0 Å². The smallest absolute Gasteiger partial charge is 0.0370 e. The van der Waals surface area contributed by atoms with Crippen LogP contribution in [0.3, 0.4) is 0 Å². The van der Waals surface area contributed by atoms with Gasteiger partial charge in [-0.05, 0) is 45.1 Å². The molecule has 1 N–H and O–H groups in total. The minimum Gasteiger partial charge on any atom is -0.388 e. The van der Waals surface area contributed by atoms with Crippen molar-refractivity contribution in [2.24, 2.45) is 0 Å². The first-order valence-electron chi connectivity index (χ1n) is 5.14. The number of rotatable bonds is 5. The van der Waals surface area contributed by atoms with Crippen molar-refractivity contribution < 1.29 is 0 Å². The zero-order valence-corrected chi connectivity index (χ0v) is 9.38. The number of para-hydroxylation sites is 1. The number of hydrogen-bond donors (Lipinski definition) is 1. The Labute approximate surface area is 86.9 Å². The van der Waals surface area contributed by atoms with Crippen LogP contribution in [0, 0.1) is 0 Å². The van der Waals surface area contributed by atoms with Gasteiger partial charge in [-0.2, -0.15) is 0 Å². The third kappa shape index (κ3) is 3.38. The lowest BCUT2D eigenvalue weighted by Crippen LogP contribution is -2.13. The summed E-state index contributed by atoms with van der Waals surface area (Å²) in [7, 11) is 6.21. The van der Waals surface area contributed by atoms with Crippen molar-refractivity contribution in [3.05, 3.63) is 29.8 Å². The summed E-state index contributed by atoms with van der Waals surface area (Å²) in [5.41, 5.74) is 2.67. The molecule has 14 heavy (non-hydrogen) atoms. The summed E-state index contributed by atoms with van der Waals surface area (Å²) in [6, 6.07) is 8.50. The molecular weight excluding hydrogens is 172 g/mol. The second-order valence-electron chi connectivity index (χ2n) is 3.81. The zero-order valence-electron chi connectivity index (χ0n) is 9.38. The Kier molecular flexibility index (Phi) is 4.47. The summed E-state index contributed by atoms with van der Waals surface area (Å²) >= 11 is 0. The van der Waals surface area contributed by atoms with Gasteiger partial charge in [0.05, 0.1) is 0 Å². The highest BCUT2D eigenvalue weighted by atomic mass is 15.0. The SMILES string of the molecule is CNc1ccccc1CCCN(C)C. The van der Waals surface area contributed by atoms with Gasteiger partial charge < -0.3 is 10.2 Å². The minimum absolute atomic E-state index is 1.15. The number of nitrogens with one attached hydrogen (secondary N) is 1. The van der Waals surface area contributed by atoms with Gasteiger partial charge in [-0.1, -0.05) is 18.2 Å². The van der Waals surface area contributed by atoms with Crippen molar-refractivity contribution in [3.63, 3.8) is 0 Å². The van der Waals surface area contributed by atoms with Gasteiger partial charge in [0.15, 0.2) is 0 Å². The van der Waals surface area contributed by atoms with Crippen molar-refractivity contribution in [3.8, 4) is 0 Å². The third-order valence-corrected chi connectivity index (χ3v) is 2.34. The highest BCUT2D eigenvalue weighted by Crippen LogP contribution is 2.15. The second-order valence-corrected chi connectivity index (χ2v) is 3.81. The lowest BCUT2D eigenvalue weighted by Gasteiger charge is -2.11. The summed E-state index contributed by atoms with van der Waals surface area (Å²) in [6.07, 6.45) is 2.36. The first-order valence-corrected chi connectivity index (χ1v) is 5.14. The summed E-state index contributed by atoms with van der Waals surface area (Å²) in [5, 5.41) is 3.22. The van der Waals surface area contributed by atoms with E-state index in [-0.39, 0.29) is 0 Å². The maximum Gasteiger partial charge on any atom is 0.0370 e. The van der Waals surface area contributed by atoms with Gasteiger partial charge in [-0.15, -0.1) is 0 Å². The fourth-order valence-corrected chi connectivity index (χ4v) is 1.57. The van der Waals surface area contributed by atoms with Crippen LogP contribution in [-0.2, 0) is 6.42 Å². The lowest BCUT2D eigenvalue weighted by molar-refractivity contribution is 0.400. The average Bonchev–Trinajstić information content (AvgIpc) is 2.18. The Morgan fingerprint density at radius 2 is 1.93 bits per heavy atom. The topological polar surface area (TPSA) is 15.3 Å². The molecule has 0 radical (unpaired) electrons. The van der Waals surface area contributed by atoms with Crippen LogP contribution >= 0.6 is 0 Å². The number of benzene rings is 1. The molecule has 0 fully saturated rings. The molecule has 0 heterocycles. The summed E-state index contributed by atoms with van der Waals surface area (Å²) in [6.45, 7) is 1.15. The number of hydrogen-bond acceptors (Lipinski definition) is 2. The normalized spacial score (nSPS) is 10.6. The molecule has 0 atom stereocenters. The molecule has 78 valence electrons. The Morgan fingerprint density at radius 1 is 1.21 bits per heavy atom. The van der Waals surface area contributed by atoms with E-state index in [1.165, 1.54) is 17.7 Å². The molecule has 0 aliphatic heterocycles. The van der Waals surface area contributed by atoms with Crippen LogP contribution in [0.2, 0.25) is 0 Å². The average molecular weight is 192 g/mol. The summed E-state index contributed by atoms with van der Waals surface area (Å²) < 4.78 is 0. The van der Waals surface area contributed by atoms with E-state index in [2.05, 4.69) is 48.6 Å².